The van der Waals surface area contributed by atoms with Gasteiger partial charge < -0.3 is 24.2 Å². The fourth-order valence-electron chi connectivity index (χ4n) is 4.49. The number of hydrogen-bond donors (Lipinski definition) is 0. The molecule has 0 N–H and O–H groups in total. The summed E-state index contributed by atoms with van der Waals surface area (Å²) in [4.78, 5) is 28.2. The van der Waals surface area contributed by atoms with Crippen molar-refractivity contribution in [3.63, 3.8) is 0 Å². The van der Waals surface area contributed by atoms with Crippen LogP contribution in [0.25, 0.3) is 10.9 Å². The van der Waals surface area contributed by atoms with Crippen LogP contribution in [-0.2, 0) is 4.79 Å². The van der Waals surface area contributed by atoms with Crippen molar-refractivity contribution in [2.75, 3.05) is 57.2 Å². The first-order valence-corrected chi connectivity index (χ1v) is 11.6. The summed E-state index contributed by atoms with van der Waals surface area (Å²) in [6.45, 7) is 6.76. The number of anilines is 2. The maximum atomic E-state index is 12.4. The van der Waals surface area contributed by atoms with E-state index in [1.165, 1.54) is 12.8 Å². The molecule has 32 heavy (non-hydrogen) atoms. The van der Waals surface area contributed by atoms with Crippen LogP contribution in [0.15, 0.2) is 12.1 Å². The molecule has 0 atom stereocenters. The van der Waals surface area contributed by atoms with Crippen molar-refractivity contribution in [3.8, 4) is 11.5 Å². The molecule has 0 spiro atoms. The van der Waals surface area contributed by atoms with Crippen LogP contribution in [0, 0.1) is 5.92 Å². The van der Waals surface area contributed by atoms with Gasteiger partial charge in [-0.3, -0.25) is 4.79 Å². The SMILES string of the molecule is COc1cc2c(N3CCN(C(=O)C(C)C)CC3)nc(N(C)C)nc2cc1OC1CCCC1. The number of methoxy groups -OCH3 is 1. The van der Waals surface area contributed by atoms with Gasteiger partial charge in [0, 0.05) is 57.6 Å². The summed E-state index contributed by atoms with van der Waals surface area (Å²) >= 11 is 0. The van der Waals surface area contributed by atoms with Gasteiger partial charge in [-0.05, 0) is 31.7 Å². The zero-order chi connectivity index (χ0) is 22.8. The number of fused-ring (bicyclic) bond motifs is 1. The third-order valence-corrected chi connectivity index (χ3v) is 6.33. The molecule has 1 amide bonds. The molecule has 1 saturated heterocycles. The van der Waals surface area contributed by atoms with Gasteiger partial charge in [-0.1, -0.05) is 13.8 Å². The average Bonchev–Trinajstić information content (AvgIpc) is 3.30. The fraction of sp³-hybridized carbons (Fsp3) is 0.625. The Balaban J connectivity index is 1.69. The van der Waals surface area contributed by atoms with Crippen LogP contribution in [0.4, 0.5) is 11.8 Å². The van der Waals surface area contributed by atoms with Gasteiger partial charge in [0.15, 0.2) is 11.5 Å². The molecule has 0 radical (unpaired) electrons. The maximum Gasteiger partial charge on any atom is 0.227 e. The van der Waals surface area contributed by atoms with E-state index < -0.39 is 0 Å². The summed E-state index contributed by atoms with van der Waals surface area (Å²) in [6, 6.07) is 3.99. The lowest BCUT2D eigenvalue weighted by Crippen LogP contribution is -2.50. The monoisotopic (exact) mass is 441 g/mol. The molecule has 1 aliphatic heterocycles. The van der Waals surface area contributed by atoms with Crippen LogP contribution >= 0.6 is 0 Å². The number of amides is 1. The average molecular weight is 442 g/mol. The van der Waals surface area contributed by atoms with Crippen molar-refractivity contribution >= 4 is 28.6 Å². The third kappa shape index (κ3) is 4.54. The van der Waals surface area contributed by atoms with Crippen molar-refractivity contribution in [2.45, 2.75) is 45.6 Å². The van der Waals surface area contributed by atoms with Gasteiger partial charge in [0.05, 0.1) is 18.7 Å². The smallest absolute Gasteiger partial charge is 0.227 e. The molecule has 4 rings (SSSR count). The molecule has 1 aromatic heterocycles. The summed E-state index contributed by atoms with van der Waals surface area (Å²) in [6.07, 6.45) is 4.82. The number of piperazine rings is 1. The van der Waals surface area contributed by atoms with Gasteiger partial charge >= 0.3 is 0 Å². The molecular formula is C24H35N5O3. The van der Waals surface area contributed by atoms with Crippen LogP contribution in [0.5, 0.6) is 11.5 Å². The number of rotatable bonds is 6. The Labute approximate surface area is 190 Å². The van der Waals surface area contributed by atoms with Crippen molar-refractivity contribution < 1.29 is 14.3 Å². The van der Waals surface area contributed by atoms with Crippen molar-refractivity contribution in [2.24, 2.45) is 5.92 Å². The molecular weight excluding hydrogens is 406 g/mol. The molecule has 1 saturated carbocycles. The van der Waals surface area contributed by atoms with Crippen molar-refractivity contribution in [1.29, 1.82) is 0 Å². The zero-order valence-electron chi connectivity index (χ0n) is 19.9. The van der Waals surface area contributed by atoms with Crippen LogP contribution in [0.2, 0.25) is 0 Å². The Hall–Kier alpha value is -2.77. The second-order valence-electron chi connectivity index (χ2n) is 9.25. The summed E-state index contributed by atoms with van der Waals surface area (Å²) < 4.78 is 12.0. The molecule has 0 unspecified atom stereocenters. The second-order valence-corrected chi connectivity index (χ2v) is 9.25. The van der Waals surface area contributed by atoms with Crippen molar-refractivity contribution in [1.82, 2.24) is 14.9 Å². The lowest BCUT2D eigenvalue weighted by molar-refractivity contribution is -0.134. The lowest BCUT2D eigenvalue weighted by atomic mass is 10.1. The molecule has 8 heteroatoms. The molecule has 1 aliphatic carbocycles. The first-order valence-electron chi connectivity index (χ1n) is 11.6. The molecule has 2 aliphatic rings. The van der Waals surface area contributed by atoms with Gasteiger partial charge in [0.1, 0.15) is 5.82 Å². The Kier molecular flexibility index (Phi) is 6.58. The molecule has 2 fully saturated rings. The Morgan fingerprint density at radius 3 is 2.34 bits per heavy atom. The van der Waals surface area contributed by atoms with Crippen LogP contribution in [0.3, 0.4) is 0 Å². The molecule has 0 bridgehead atoms. The van der Waals surface area contributed by atoms with E-state index in [0.29, 0.717) is 24.8 Å². The molecule has 2 aromatic rings. The highest BCUT2D eigenvalue weighted by Gasteiger charge is 2.26. The highest BCUT2D eigenvalue weighted by molar-refractivity contribution is 5.93. The van der Waals surface area contributed by atoms with E-state index in [1.807, 2.05) is 49.9 Å². The number of nitrogens with zero attached hydrogens (tertiary/aromatic N) is 5. The molecule has 174 valence electrons. The van der Waals surface area contributed by atoms with Gasteiger partial charge in [0.2, 0.25) is 11.9 Å². The van der Waals surface area contributed by atoms with E-state index in [9.17, 15) is 4.79 Å². The zero-order valence-corrected chi connectivity index (χ0v) is 19.9. The van der Waals surface area contributed by atoms with E-state index in [1.54, 1.807) is 7.11 Å². The van der Waals surface area contributed by atoms with Gasteiger partial charge in [0.25, 0.3) is 0 Å². The lowest BCUT2D eigenvalue weighted by Gasteiger charge is -2.36. The second kappa shape index (κ2) is 9.38. The predicted octanol–water partition coefficient (Wildman–Crippen LogP) is 3.33. The number of benzene rings is 1. The number of carbonyl (C=O) groups excluding carboxylic acids is 1. The van der Waals surface area contributed by atoms with Crippen LogP contribution in [0.1, 0.15) is 39.5 Å². The summed E-state index contributed by atoms with van der Waals surface area (Å²) in [5.41, 5.74) is 0.841. The Bertz CT molecular complexity index is 964. The topological polar surface area (TPSA) is 71.0 Å². The maximum absolute atomic E-state index is 12.4. The quantitative estimate of drug-likeness (QED) is 0.681. The van der Waals surface area contributed by atoms with Gasteiger partial charge in [-0.2, -0.15) is 4.98 Å². The highest BCUT2D eigenvalue weighted by Crippen LogP contribution is 2.38. The minimum Gasteiger partial charge on any atom is -0.493 e. The summed E-state index contributed by atoms with van der Waals surface area (Å²) in [7, 11) is 5.57. The van der Waals surface area contributed by atoms with E-state index >= 15 is 0 Å². The largest absolute Gasteiger partial charge is 0.493 e. The van der Waals surface area contributed by atoms with Crippen LogP contribution < -0.4 is 19.3 Å². The van der Waals surface area contributed by atoms with Gasteiger partial charge in [-0.25, -0.2) is 4.98 Å². The first kappa shape index (κ1) is 22.4. The third-order valence-electron chi connectivity index (χ3n) is 6.33. The van der Waals surface area contributed by atoms with E-state index in [0.717, 1.165) is 48.4 Å². The number of hydrogen-bond acceptors (Lipinski definition) is 7. The normalized spacial score (nSPS) is 17.3. The minimum absolute atomic E-state index is 0.0179. The van der Waals surface area contributed by atoms with E-state index in [2.05, 4.69) is 4.90 Å². The van der Waals surface area contributed by atoms with E-state index in [4.69, 9.17) is 19.4 Å². The molecule has 8 nitrogen and oxygen atoms in total. The molecule has 1 aromatic carbocycles. The van der Waals surface area contributed by atoms with Crippen LogP contribution in [-0.4, -0.2) is 74.3 Å². The van der Waals surface area contributed by atoms with Gasteiger partial charge in [-0.15, -0.1) is 0 Å². The Morgan fingerprint density at radius 1 is 1.06 bits per heavy atom. The fourth-order valence-corrected chi connectivity index (χ4v) is 4.49. The van der Waals surface area contributed by atoms with E-state index in [-0.39, 0.29) is 17.9 Å². The summed E-state index contributed by atoms with van der Waals surface area (Å²) in [5, 5.41) is 0.940. The predicted molar refractivity (Wildman–Crippen MR) is 127 cm³/mol. The standard InChI is InChI=1S/C24H35N5O3/c1-16(2)23(30)29-12-10-28(11-13-29)22-18-14-20(31-5)21(32-17-8-6-7-9-17)15-19(18)25-24(26-22)27(3)4/h14-17H,6-13H2,1-5H3. The molecule has 2 heterocycles. The first-order chi connectivity index (χ1) is 15.4. The highest BCUT2D eigenvalue weighted by atomic mass is 16.5. The van der Waals surface area contributed by atoms with Crippen molar-refractivity contribution in [3.05, 3.63) is 12.1 Å². The summed E-state index contributed by atoms with van der Waals surface area (Å²) in [5.74, 6) is 3.21. The minimum atomic E-state index is 0.0179. The number of aromatic nitrogens is 2. The number of ether oxygens (including phenoxy) is 2. The Morgan fingerprint density at radius 2 is 1.75 bits per heavy atom. The number of carbonyl (C=O) groups is 1.